The molecule has 19 heavy (non-hydrogen) atoms. The first kappa shape index (κ1) is 13.9. The van der Waals surface area contributed by atoms with Gasteiger partial charge in [-0.25, -0.2) is 0 Å². The number of rotatable bonds is 4. The second-order valence-corrected chi connectivity index (χ2v) is 5.20. The average Bonchev–Trinajstić information content (AvgIpc) is 2.41. The normalized spacial score (nSPS) is 10.5. The molecule has 2 nitrogen and oxygen atoms in total. The predicted octanol–water partition coefficient (Wildman–Crippen LogP) is 3.78. The molecule has 2 aromatic rings. The Labute approximate surface area is 119 Å². The first-order chi connectivity index (χ1) is 9.10. The van der Waals surface area contributed by atoms with Crippen LogP contribution < -0.4 is 4.90 Å². The van der Waals surface area contributed by atoms with E-state index in [4.69, 9.17) is 16.7 Å². The van der Waals surface area contributed by atoms with Gasteiger partial charge in [-0.05, 0) is 41.8 Å². The summed E-state index contributed by atoms with van der Waals surface area (Å²) in [5.41, 5.74) is 4.51. The fourth-order valence-corrected chi connectivity index (χ4v) is 2.32. The van der Waals surface area contributed by atoms with E-state index in [1.165, 1.54) is 16.8 Å². The van der Waals surface area contributed by atoms with Crippen molar-refractivity contribution in [1.29, 1.82) is 0 Å². The molecule has 0 amide bonds. The summed E-state index contributed by atoms with van der Waals surface area (Å²) in [6, 6.07) is 13.9. The summed E-state index contributed by atoms with van der Waals surface area (Å²) in [4.78, 5) is 2.19. The SMILES string of the molecule is Cc1cc(CO)ccc1N(C)Cc1ccc(Cl)cc1. The molecule has 0 saturated heterocycles. The van der Waals surface area contributed by atoms with Crippen molar-refractivity contribution in [3.05, 3.63) is 64.2 Å². The van der Waals surface area contributed by atoms with Crippen molar-refractivity contribution in [2.75, 3.05) is 11.9 Å². The van der Waals surface area contributed by atoms with Crippen molar-refractivity contribution in [2.24, 2.45) is 0 Å². The van der Waals surface area contributed by atoms with E-state index in [1.54, 1.807) is 0 Å². The number of aliphatic hydroxyl groups is 1. The van der Waals surface area contributed by atoms with Crippen LogP contribution in [0.1, 0.15) is 16.7 Å². The van der Waals surface area contributed by atoms with Crippen LogP contribution in [0.4, 0.5) is 5.69 Å². The van der Waals surface area contributed by atoms with Gasteiger partial charge in [-0.3, -0.25) is 0 Å². The lowest BCUT2D eigenvalue weighted by molar-refractivity contribution is 0.282. The molecule has 0 aliphatic heterocycles. The van der Waals surface area contributed by atoms with E-state index in [0.717, 1.165) is 17.1 Å². The van der Waals surface area contributed by atoms with Gasteiger partial charge in [-0.15, -0.1) is 0 Å². The summed E-state index contributed by atoms with van der Waals surface area (Å²) in [7, 11) is 2.07. The van der Waals surface area contributed by atoms with Crippen molar-refractivity contribution < 1.29 is 5.11 Å². The zero-order chi connectivity index (χ0) is 13.8. The fraction of sp³-hybridized carbons (Fsp3) is 0.250. The molecule has 0 fully saturated rings. The highest BCUT2D eigenvalue weighted by atomic mass is 35.5. The third-order valence-electron chi connectivity index (χ3n) is 3.19. The maximum atomic E-state index is 9.13. The van der Waals surface area contributed by atoms with Crippen LogP contribution in [0.3, 0.4) is 0 Å². The lowest BCUT2D eigenvalue weighted by atomic mass is 10.1. The van der Waals surface area contributed by atoms with Crippen molar-refractivity contribution in [3.8, 4) is 0 Å². The predicted molar refractivity (Wildman–Crippen MR) is 80.7 cm³/mol. The molecule has 0 spiro atoms. The minimum absolute atomic E-state index is 0.0853. The lowest BCUT2D eigenvalue weighted by Gasteiger charge is -2.22. The van der Waals surface area contributed by atoms with E-state index in [1.807, 2.05) is 36.4 Å². The van der Waals surface area contributed by atoms with Gasteiger partial charge in [0.25, 0.3) is 0 Å². The van der Waals surface area contributed by atoms with Gasteiger partial charge in [0.2, 0.25) is 0 Å². The number of hydrogen-bond donors (Lipinski definition) is 1. The van der Waals surface area contributed by atoms with E-state index in [2.05, 4.69) is 24.9 Å². The third kappa shape index (κ3) is 3.49. The largest absolute Gasteiger partial charge is 0.392 e. The van der Waals surface area contributed by atoms with E-state index >= 15 is 0 Å². The first-order valence-electron chi connectivity index (χ1n) is 6.26. The minimum atomic E-state index is 0.0853. The van der Waals surface area contributed by atoms with E-state index in [0.29, 0.717) is 0 Å². The van der Waals surface area contributed by atoms with Gasteiger partial charge >= 0.3 is 0 Å². The highest BCUT2D eigenvalue weighted by Crippen LogP contribution is 2.22. The summed E-state index contributed by atoms with van der Waals surface area (Å²) in [5.74, 6) is 0. The lowest BCUT2D eigenvalue weighted by Crippen LogP contribution is -2.17. The van der Waals surface area contributed by atoms with Gasteiger partial charge in [-0.1, -0.05) is 35.9 Å². The molecule has 1 N–H and O–H groups in total. The molecule has 0 aliphatic rings. The van der Waals surface area contributed by atoms with Crippen LogP contribution in [0.15, 0.2) is 42.5 Å². The standard InChI is InChI=1S/C16H18ClNO/c1-12-9-14(11-19)5-8-16(12)18(2)10-13-3-6-15(17)7-4-13/h3-9,19H,10-11H2,1-2H3. The van der Waals surface area contributed by atoms with E-state index < -0.39 is 0 Å². The summed E-state index contributed by atoms with van der Waals surface area (Å²) in [6.45, 7) is 2.98. The Morgan fingerprint density at radius 1 is 1.05 bits per heavy atom. The number of aliphatic hydroxyl groups excluding tert-OH is 1. The maximum Gasteiger partial charge on any atom is 0.0681 e. The molecule has 0 saturated carbocycles. The van der Waals surface area contributed by atoms with E-state index in [9.17, 15) is 0 Å². The smallest absolute Gasteiger partial charge is 0.0681 e. The van der Waals surface area contributed by atoms with E-state index in [-0.39, 0.29) is 6.61 Å². The number of benzene rings is 2. The van der Waals surface area contributed by atoms with Gasteiger partial charge in [0.05, 0.1) is 6.61 Å². The summed E-state index contributed by atoms with van der Waals surface area (Å²) < 4.78 is 0. The molecule has 3 heteroatoms. The molecule has 2 aromatic carbocycles. The topological polar surface area (TPSA) is 23.5 Å². The number of nitrogens with zero attached hydrogens (tertiary/aromatic N) is 1. The van der Waals surface area contributed by atoms with Crippen LogP contribution in [0, 0.1) is 6.92 Å². The molecule has 0 radical (unpaired) electrons. The van der Waals surface area contributed by atoms with Gasteiger partial charge < -0.3 is 10.0 Å². The van der Waals surface area contributed by atoms with Gasteiger partial charge in [-0.2, -0.15) is 0 Å². The number of anilines is 1. The Morgan fingerprint density at radius 3 is 2.26 bits per heavy atom. The molecule has 2 rings (SSSR count). The molecular weight excluding hydrogens is 258 g/mol. The van der Waals surface area contributed by atoms with Crippen LogP contribution in [0.5, 0.6) is 0 Å². The fourth-order valence-electron chi connectivity index (χ4n) is 2.19. The van der Waals surface area contributed by atoms with Crippen molar-refractivity contribution in [1.82, 2.24) is 0 Å². The van der Waals surface area contributed by atoms with Crippen LogP contribution in [-0.2, 0) is 13.2 Å². The van der Waals surface area contributed by atoms with Crippen molar-refractivity contribution >= 4 is 17.3 Å². The second-order valence-electron chi connectivity index (χ2n) is 4.76. The first-order valence-corrected chi connectivity index (χ1v) is 6.64. The molecule has 0 bridgehead atoms. The number of hydrogen-bond acceptors (Lipinski definition) is 2. The monoisotopic (exact) mass is 275 g/mol. The molecular formula is C16H18ClNO. The Balaban J connectivity index is 2.15. The average molecular weight is 276 g/mol. The van der Waals surface area contributed by atoms with Crippen LogP contribution in [0.2, 0.25) is 5.02 Å². The van der Waals surface area contributed by atoms with Crippen LogP contribution in [-0.4, -0.2) is 12.2 Å². The van der Waals surface area contributed by atoms with Crippen LogP contribution in [0.25, 0.3) is 0 Å². The highest BCUT2D eigenvalue weighted by molar-refractivity contribution is 6.30. The summed E-state index contributed by atoms with van der Waals surface area (Å²) >= 11 is 5.89. The van der Waals surface area contributed by atoms with Gasteiger partial charge in [0.1, 0.15) is 0 Å². The Morgan fingerprint density at radius 2 is 1.68 bits per heavy atom. The summed E-state index contributed by atoms with van der Waals surface area (Å²) in [6.07, 6.45) is 0. The zero-order valence-electron chi connectivity index (χ0n) is 11.2. The van der Waals surface area contributed by atoms with Gasteiger partial charge in [0.15, 0.2) is 0 Å². The number of aryl methyl sites for hydroxylation is 1. The van der Waals surface area contributed by atoms with Crippen LogP contribution >= 0.6 is 11.6 Å². The maximum absolute atomic E-state index is 9.13. The Hall–Kier alpha value is -1.51. The Kier molecular flexibility index (Phi) is 4.46. The quantitative estimate of drug-likeness (QED) is 0.918. The third-order valence-corrected chi connectivity index (χ3v) is 3.44. The highest BCUT2D eigenvalue weighted by Gasteiger charge is 2.06. The number of halogens is 1. The molecule has 0 unspecified atom stereocenters. The van der Waals surface area contributed by atoms with Crippen molar-refractivity contribution in [2.45, 2.75) is 20.1 Å². The molecule has 100 valence electrons. The molecule has 0 atom stereocenters. The zero-order valence-corrected chi connectivity index (χ0v) is 12.0. The Bertz CT molecular complexity index is 551. The minimum Gasteiger partial charge on any atom is -0.392 e. The summed E-state index contributed by atoms with van der Waals surface area (Å²) in [5, 5.41) is 9.89. The van der Waals surface area contributed by atoms with Crippen molar-refractivity contribution in [3.63, 3.8) is 0 Å². The van der Waals surface area contributed by atoms with Gasteiger partial charge in [0, 0.05) is 24.3 Å². The molecule has 0 aromatic heterocycles. The molecule has 0 aliphatic carbocycles. The second kappa shape index (κ2) is 6.09. The molecule has 0 heterocycles.